The summed E-state index contributed by atoms with van der Waals surface area (Å²) in [6.45, 7) is 1.35. The fourth-order valence-electron chi connectivity index (χ4n) is 6.59. The first-order valence-corrected chi connectivity index (χ1v) is 10.3. The fraction of sp³-hybridized carbons (Fsp3) is 1.00. The van der Waals surface area contributed by atoms with Crippen molar-refractivity contribution >= 4 is 7.85 Å². The van der Waals surface area contributed by atoms with Crippen LogP contribution < -0.4 is 0 Å². The topological polar surface area (TPSA) is 12.5 Å². The maximum Gasteiger partial charge on any atom is 0.0704 e. The number of fused-ring (bicyclic) bond motifs is 3. The van der Waals surface area contributed by atoms with Crippen molar-refractivity contribution in [1.82, 2.24) is 4.90 Å². The van der Waals surface area contributed by atoms with Gasteiger partial charge in [-0.1, -0.05) is 31.5 Å². The highest BCUT2D eigenvalue weighted by Gasteiger charge is 2.51. The Labute approximate surface area is 144 Å². The maximum absolute atomic E-state index is 6.62. The van der Waals surface area contributed by atoms with E-state index in [1.54, 1.807) is 0 Å². The van der Waals surface area contributed by atoms with Crippen LogP contribution in [0.1, 0.15) is 70.6 Å². The van der Waals surface area contributed by atoms with Crippen LogP contribution in [0.25, 0.3) is 0 Å². The van der Waals surface area contributed by atoms with E-state index >= 15 is 0 Å². The summed E-state index contributed by atoms with van der Waals surface area (Å²) in [6, 6.07) is 1.68. The summed E-state index contributed by atoms with van der Waals surface area (Å²) in [5.41, 5.74) is 0. The average molecular weight is 315 g/mol. The Kier molecular flexibility index (Phi) is 5.06. The summed E-state index contributed by atoms with van der Waals surface area (Å²) < 4.78 is 5.57. The lowest BCUT2D eigenvalue weighted by molar-refractivity contribution is 0.0396. The zero-order valence-corrected chi connectivity index (χ0v) is 15.0. The van der Waals surface area contributed by atoms with E-state index < -0.39 is 0 Å². The zero-order chi connectivity index (χ0) is 15.8. The first-order valence-electron chi connectivity index (χ1n) is 10.3. The highest BCUT2D eigenvalue weighted by atomic mass is 16.5. The van der Waals surface area contributed by atoms with Crippen molar-refractivity contribution in [3.8, 4) is 0 Å². The van der Waals surface area contributed by atoms with Gasteiger partial charge in [-0.05, 0) is 62.7 Å². The SMILES string of the molecule is [B]C1CCCC2C1C1CCCCC1N2CC1CCC(OC)CC1. The highest BCUT2D eigenvalue weighted by Crippen LogP contribution is 2.52. The van der Waals surface area contributed by atoms with E-state index in [1.807, 2.05) is 7.11 Å². The summed E-state index contributed by atoms with van der Waals surface area (Å²) in [5, 5.41) is 0. The van der Waals surface area contributed by atoms with Crippen LogP contribution >= 0.6 is 0 Å². The highest BCUT2D eigenvalue weighted by molar-refractivity contribution is 6.12. The molecule has 1 heterocycles. The van der Waals surface area contributed by atoms with Crippen LogP contribution in [0.4, 0.5) is 0 Å². The normalized spacial score (nSPS) is 48.0. The van der Waals surface area contributed by atoms with Gasteiger partial charge in [0.15, 0.2) is 0 Å². The third kappa shape index (κ3) is 3.13. The van der Waals surface area contributed by atoms with Gasteiger partial charge in [0, 0.05) is 25.7 Å². The molecule has 2 nitrogen and oxygen atoms in total. The molecule has 4 fully saturated rings. The van der Waals surface area contributed by atoms with Crippen LogP contribution in [0.3, 0.4) is 0 Å². The predicted molar refractivity (Wildman–Crippen MR) is 95.8 cm³/mol. The van der Waals surface area contributed by atoms with Gasteiger partial charge in [0.25, 0.3) is 0 Å². The molecule has 4 aliphatic rings. The van der Waals surface area contributed by atoms with Crippen molar-refractivity contribution in [3.63, 3.8) is 0 Å². The lowest BCUT2D eigenvalue weighted by Gasteiger charge is -2.39. The molecule has 4 rings (SSSR count). The second kappa shape index (κ2) is 7.08. The summed E-state index contributed by atoms with van der Waals surface area (Å²) in [6.07, 6.45) is 15.7. The number of methoxy groups -OCH3 is 1. The summed E-state index contributed by atoms with van der Waals surface area (Å²) in [7, 11) is 8.50. The standard InChI is InChI=1S/C20H34BNO/c1-23-15-11-9-14(10-12-15)13-22-18-7-3-2-5-16(18)20-17(21)6-4-8-19(20)22/h14-20H,2-13H2,1H3. The van der Waals surface area contributed by atoms with Crippen molar-refractivity contribution in [1.29, 1.82) is 0 Å². The molecule has 3 saturated carbocycles. The summed E-state index contributed by atoms with van der Waals surface area (Å²) in [5.74, 6) is 3.11. The summed E-state index contributed by atoms with van der Waals surface area (Å²) >= 11 is 0. The van der Waals surface area contributed by atoms with Gasteiger partial charge in [-0.2, -0.15) is 0 Å². The van der Waals surface area contributed by atoms with Crippen LogP contribution in [-0.2, 0) is 4.74 Å². The lowest BCUT2D eigenvalue weighted by atomic mass is 9.61. The maximum atomic E-state index is 6.62. The van der Waals surface area contributed by atoms with E-state index in [0.717, 1.165) is 29.8 Å². The molecule has 5 unspecified atom stereocenters. The molecule has 0 spiro atoms. The second-order valence-corrected chi connectivity index (χ2v) is 8.83. The average Bonchev–Trinajstić information content (AvgIpc) is 2.91. The van der Waals surface area contributed by atoms with Gasteiger partial charge in [-0.25, -0.2) is 0 Å². The number of hydrogen-bond acceptors (Lipinski definition) is 2. The van der Waals surface area contributed by atoms with Gasteiger partial charge in [0.2, 0.25) is 0 Å². The molecular weight excluding hydrogens is 281 g/mol. The smallest absolute Gasteiger partial charge is 0.0704 e. The van der Waals surface area contributed by atoms with Crippen molar-refractivity contribution in [2.24, 2.45) is 17.8 Å². The molecular formula is C20H34BNO. The fourth-order valence-corrected chi connectivity index (χ4v) is 6.59. The number of nitrogens with zero attached hydrogens (tertiary/aromatic N) is 1. The predicted octanol–water partition coefficient (Wildman–Crippen LogP) is 4.19. The van der Waals surface area contributed by atoms with E-state index in [1.165, 1.54) is 77.2 Å². The molecule has 1 saturated heterocycles. The van der Waals surface area contributed by atoms with Crippen molar-refractivity contribution in [3.05, 3.63) is 0 Å². The third-order valence-corrected chi connectivity index (χ3v) is 7.70. The molecule has 0 aromatic rings. The monoisotopic (exact) mass is 315 g/mol. The van der Waals surface area contributed by atoms with Crippen molar-refractivity contribution < 1.29 is 4.74 Å². The Balaban J connectivity index is 1.46. The van der Waals surface area contributed by atoms with Crippen LogP contribution in [0.15, 0.2) is 0 Å². The Hall–Kier alpha value is -0.0151. The number of rotatable bonds is 3. The first-order chi connectivity index (χ1) is 11.3. The van der Waals surface area contributed by atoms with Crippen LogP contribution in [0.2, 0.25) is 5.82 Å². The minimum atomic E-state index is 0.480. The molecule has 3 aliphatic carbocycles. The molecule has 128 valence electrons. The lowest BCUT2D eigenvalue weighted by Crippen LogP contribution is -2.43. The number of ether oxygens (including phenoxy) is 1. The van der Waals surface area contributed by atoms with Gasteiger partial charge in [-0.3, -0.25) is 4.90 Å². The molecule has 0 aromatic heterocycles. The van der Waals surface area contributed by atoms with Gasteiger partial charge >= 0.3 is 0 Å². The number of hydrogen-bond donors (Lipinski definition) is 0. The Bertz CT molecular complexity index is 395. The Morgan fingerprint density at radius 1 is 0.870 bits per heavy atom. The Morgan fingerprint density at radius 3 is 2.39 bits per heavy atom. The number of likely N-dealkylation sites (tertiary alicyclic amines) is 1. The first kappa shape index (κ1) is 16.5. The van der Waals surface area contributed by atoms with Crippen molar-refractivity contribution in [2.75, 3.05) is 13.7 Å². The molecule has 0 aromatic carbocycles. The largest absolute Gasteiger partial charge is 0.381 e. The van der Waals surface area contributed by atoms with E-state index in [4.69, 9.17) is 12.6 Å². The quantitative estimate of drug-likeness (QED) is 0.724. The molecule has 2 radical (unpaired) electrons. The van der Waals surface area contributed by atoms with Gasteiger partial charge in [0.05, 0.1) is 14.0 Å². The molecule has 0 N–H and O–H groups in total. The van der Waals surface area contributed by atoms with Crippen LogP contribution in [0.5, 0.6) is 0 Å². The minimum absolute atomic E-state index is 0.480. The van der Waals surface area contributed by atoms with E-state index in [-0.39, 0.29) is 0 Å². The molecule has 1 aliphatic heterocycles. The molecule has 0 bridgehead atoms. The molecule has 23 heavy (non-hydrogen) atoms. The van der Waals surface area contributed by atoms with E-state index in [9.17, 15) is 0 Å². The minimum Gasteiger partial charge on any atom is -0.381 e. The zero-order valence-electron chi connectivity index (χ0n) is 15.0. The summed E-state index contributed by atoms with van der Waals surface area (Å²) in [4.78, 5) is 2.98. The third-order valence-electron chi connectivity index (χ3n) is 7.70. The van der Waals surface area contributed by atoms with Gasteiger partial charge < -0.3 is 4.74 Å². The van der Waals surface area contributed by atoms with Gasteiger partial charge in [0.1, 0.15) is 0 Å². The van der Waals surface area contributed by atoms with Crippen LogP contribution in [-0.4, -0.2) is 44.6 Å². The van der Waals surface area contributed by atoms with Gasteiger partial charge in [-0.15, -0.1) is 0 Å². The van der Waals surface area contributed by atoms with E-state index in [0.29, 0.717) is 11.9 Å². The molecule has 0 amide bonds. The van der Waals surface area contributed by atoms with Crippen LogP contribution in [0, 0.1) is 17.8 Å². The second-order valence-electron chi connectivity index (χ2n) is 8.83. The van der Waals surface area contributed by atoms with Crippen molar-refractivity contribution in [2.45, 2.75) is 94.6 Å². The van der Waals surface area contributed by atoms with E-state index in [2.05, 4.69) is 4.90 Å². The molecule has 5 atom stereocenters. The molecule has 3 heteroatoms. The Morgan fingerprint density at radius 2 is 1.61 bits per heavy atom.